The Hall–Kier alpha value is -1.07. The number of anilines is 1. The number of imidazole rings is 1. The molecule has 1 N–H and O–H groups in total. The van der Waals surface area contributed by atoms with Crippen LogP contribution in [-0.4, -0.2) is 53.3 Å². The quantitative estimate of drug-likeness (QED) is 0.669. The van der Waals surface area contributed by atoms with Crippen LogP contribution in [0.15, 0.2) is 12.4 Å². The molecule has 0 unspecified atom stereocenters. The molecule has 0 fully saturated rings. The fourth-order valence-electron chi connectivity index (χ4n) is 2.45. The van der Waals surface area contributed by atoms with Crippen LogP contribution in [-0.2, 0) is 11.3 Å². The van der Waals surface area contributed by atoms with Crippen LogP contribution in [0.1, 0.15) is 34.1 Å². The fraction of sp³-hybridized carbons (Fsp3) is 0.800. The first-order chi connectivity index (χ1) is 9.56. The first-order valence-electron chi connectivity index (χ1n) is 7.56. The van der Waals surface area contributed by atoms with Crippen LogP contribution in [0.5, 0.6) is 0 Å². The Kier molecular flexibility index (Phi) is 7.62. The Morgan fingerprint density at radius 1 is 1.30 bits per heavy atom. The molecule has 0 spiro atoms. The maximum absolute atomic E-state index is 5.08. The van der Waals surface area contributed by atoms with Gasteiger partial charge in [-0.2, -0.15) is 0 Å². The van der Waals surface area contributed by atoms with Crippen molar-refractivity contribution in [3.63, 3.8) is 0 Å². The van der Waals surface area contributed by atoms with Crippen molar-refractivity contribution in [1.82, 2.24) is 14.5 Å². The maximum Gasteiger partial charge on any atom is 0.202 e. The lowest BCUT2D eigenvalue weighted by Crippen LogP contribution is -2.40. The van der Waals surface area contributed by atoms with Crippen LogP contribution in [0.3, 0.4) is 0 Å². The van der Waals surface area contributed by atoms with Gasteiger partial charge < -0.3 is 14.6 Å². The highest BCUT2D eigenvalue weighted by molar-refractivity contribution is 5.25. The van der Waals surface area contributed by atoms with Gasteiger partial charge in [0.25, 0.3) is 0 Å². The van der Waals surface area contributed by atoms with Crippen LogP contribution < -0.4 is 5.32 Å². The van der Waals surface area contributed by atoms with Crippen molar-refractivity contribution in [2.24, 2.45) is 0 Å². The third-order valence-electron chi connectivity index (χ3n) is 3.44. The first kappa shape index (κ1) is 17.0. The number of ether oxygens (including phenoxy) is 1. The third kappa shape index (κ3) is 5.51. The van der Waals surface area contributed by atoms with Gasteiger partial charge in [-0.05, 0) is 34.1 Å². The molecule has 0 aromatic carbocycles. The average Bonchev–Trinajstić information content (AvgIpc) is 2.81. The van der Waals surface area contributed by atoms with Gasteiger partial charge in [-0.15, -0.1) is 0 Å². The Morgan fingerprint density at radius 2 is 2.00 bits per heavy atom. The van der Waals surface area contributed by atoms with Crippen molar-refractivity contribution in [3.05, 3.63) is 12.4 Å². The number of nitrogens with one attached hydrogen (secondary N) is 1. The second kappa shape index (κ2) is 8.97. The van der Waals surface area contributed by atoms with Gasteiger partial charge in [0.15, 0.2) is 0 Å². The minimum Gasteiger partial charge on any atom is -0.385 e. The molecule has 1 rings (SSSR count). The van der Waals surface area contributed by atoms with Crippen molar-refractivity contribution >= 4 is 5.95 Å². The number of rotatable bonds is 10. The summed E-state index contributed by atoms with van der Waals surface area (Å²) in [6, 6.07) is 1.14. The highest BCUT2D eigenvalue weighted by atomic mass is 16.5. The standard InChI is InChI=1S/C15H30N4O/c1-13(2)19(14(3)4)11-8-17-15-16-7-10-18(15)9-6-12-20-5/h7,10,13-14H,6,8-9,11-12H2,1-5H3,(H,16,17). The molecule has 0 radical (unpaired) electrons. The molecule has 0 bridgehead atoms. The van der Waals surface area contributed by atoms with Crippen molar-refractivity contribution in [2.45, 2.75) is 52.7 Å². The van der Waals surface area contributed by atoms with E-state index in [4.69, 9.17) is 4.74 Å². The summed E-state index contributed by atoms with van der Waals surface area (Å²) in [6.07, 6.45) is 4.87. The van der Waals surface area contributed by atoms with E-state index in [1.807, 2.05) is 12.4 Å². The molecule has 5 heteroatoms. The largest absolute Gasteiger partial charge is 0.385 e. The molecule has 20 heavy (non-hydrogen) atoms. The van der Waals surface area contributed by atoms with E-state index in [9.17, 15) is 0 Å². The molecule has 1 heterocycles. The van der Waals surface area contributed by atoms with E-state index in [1.54, 1.807) is 7.11 Å². The van der Waals surface area contributed by atoms with E-state index < -0.39 is 0 Å². The van der Waals surface area contributed by atoms with E-state index in [-0.39, 0.29) is 0 Å². The third-order valence-corrected chi connectivity index (χ3v) is 3.44. The van der Waals surface area contributed by atoms with Gasteiger partial charge >= 0.3 is 0 Å². The molecule has 5 nitrogen and oxygen atoms in total. The van der Waals surface area contributed by atoms with Gasteiger partial charge in [-0.1, -0.05) is 0 Å². The van der Waals surface area contributed by atoms with E-state index in [2.05, 4.69) is 47.5 Å². The minimum atomic E-state index is 0.568. The van der Waals surface area contributed by atoms with Gasteiger partial charge in [0, 0.05) is 57.8 Å². The molecular weight excluding hydrogens is 252 g/mol. The average molecular weight is 282 g/mol. The van der Waals surface area contributed by atoms with Crippen molar-refractivity contribution in [1.29, 1.82) is 0 Å². The Balaban J connectivity index is 2.39. The zero-order chi connectivity index (χ0) is 15.0. The molecular formula is C15H30N4O. The molecule has 0 saturated carbocycles. The maximum atomic E-state index is 5.08. The topological polar surface area (TPSA) is 42.3 Å². The van der Waals surface area contributed by atoms with E-state index in [0.29, 0.717) is 12.1 Å². The smallest absolute Gasteiger partial charge is 0.202 e. The number of hydrogen-bond donors (Lipinski definition) is 1. The molecule has 1 aromatic rings. The van der Waals surface area contributed by atoms with Crippen LogP contribution in [0.4, 0.5) is 5.95 Å². The zero-order valence-electron chi connectivity index (χ0n) is 13.6. The summed E-state index contributed by atoms with van der Waals surface area (Å²) in [5.74, 6) is 0.952. The lowest BCUT2D eigenvalue weighted by atomic mass is 10.2. The number of nitrogens with zero attached hydrogens (tertiary/aromatic N) is 3. The van der Waals surface area contributed by atoms with Crippen LogP contribution in [0.2, 0.25) is 0 Å². The molecule has 0 saturated heterocycles. The van der Waals surface area contributed by atoms with Gasteiger partial charge in [0.2, 0.25) is 5.95 Å². The minimum absolute atomic E-state index is 0.568. The molecule has 0 aliphatic rings. The summed E-state index contributed by atoms with van der Waals surface area (Å²) in [5, 5.41) is 3.43. The number of aromatic nitrogens is 2. The van der Waals surface area contributed by atoms with Gasteiger partial charge in [0.05, 0.1) is 0 Å². The lowest BCUT2D eigenvalue weighted by molar-refractivity contribution is 0.182. The predicted molar refractivity (Wildman–Crippen MR) is 84.2 cm³/mol. The van der Waals surface area contributed by atoms with Crippen LogP contribution in [0.25, 0.3) is 0 Å². The first-order valence-corrected chi connectivity index (χ1v) is 7.56. The van der Waals surface area contributed by atoms with Crippen molar-refractivity contribution in [2.75, 3.05) is 32.1 Å². The fourth-order valence-corrected chi connectivity index (χ4v) is 2.45. The molecule has 0 atom stereocenters. The monoisotopic (exact) mass is 282 g/mol. The van der Waals surface area contributed by atoms with Crippen molar-refractivity contribution in [3.8, 4) is 0 Å². The van der Waals surface area contributed by atoms with E-state index >= 15 is 0 Å². The summed E-state index contributed by atoms with van der Waals surface area (Å²) < 4.78 is 7.23. The number of hydrogen-bond acceptors (Lipinski definition) is 4. The highest BCUT2D eigenvalue weighted by Crippen LogP contribution is 2.07. The SMILES string of the molecule is COCCCn1ccnc1NCCN(C(C)C)C(C)C. The Labute approximate surface area is 123 Å². The molecule has 0 aliphatic heterocycles. The Morgan fingerprint density at radius 3 is 2.60 bits per heavy atom. The summed E-state index contributed by atoms with van der Waals surface area (Å²) in [5.41, 5.74) is 0. The summed E-state index contributed by atoms with van der Waals surface area (Å²) in [4.78, 5) is 6.85. The molecule has 0 amide bonds. The van der Waals surface area contributed by atoms with E-state index in [1.165, 1.54) is 0 Å². The predicted octanol–water partition coefficient (Wildman–Crippen LogP) is 2.45. The summed E-state index contributed by atoms with van der Waals surface area (Å²) in [6.45, 7) is 12.6. The summed E-state index contributed by atoms with van der Waals surface area (Å²) >= 11 is 0. The zero-order valence-corrected chi connectivity index (χ0v) is 13.6. The second-order valence-electron chi connectivity index (χ2n) is 5.64. The van der Waals surface area contributed by atoms with Gasteiger partial charge in [-0.3, -0.25) is 4.90 Å². The van der Waals surface area contributed by atoms with Crippen LogP contribution >= 0.6 is 0 Å². The summed E-state index contributed by atoms with van der Waals surface area (Å²) in [7, 11) is 1.74. The number of aryl methyl sites for hydroxylation is 1. The molecule has 116 valence electrons. The number of methoxy groups -OCH3 is 1. The lowest BCUT2D eigenvalue weighted by Gasteiger charge is -2.30. The second-order valence-corrected chi connectivity index (χ2v) is 5.64. The molecule has 0 aliphatic carbocycles. The van der Waals surface area contributed by atoms with Gasteiger partial charge in [-0.25, -0.2) is 4.98 Å². The molecule has 1 aromatic heterocycles. The van der Waals surface area contributed by atoms with Crippen LogP contribution in [0, 0.1) is 0 Å². The van der Waals surface area contributed by atoms with Crippen molar-refractivity contribution < 1.29 is 4.74 Å². The normalized spacial score (nSPS) is 11.8. The van der Waals surface area contributed by atoms with Gasteiger partial charge in [0.1, 0.15) is 0 Å². The Bertz CT molecular complexity index is 355. The highest BCUT2D eigenvalue weighted by Gasteiger charge is 2.12. The van der Waals surface area contributed by atoms with E-state index in [0.717, 1.165) is 38.6 Å².